The van der Waals surface area contributed by atoms with E-state index in [0.717, 1.165) is 24.2 Å². The minimum absolute atomic E-state index is 0. The number of nitrogens with zero attached hydrogens (tertiary/aromatic N) is 2. The van der Waals surface area contributed by atoms with E-state index in [0.29, 0.717) is 6.54 Å². The largest absolute Gasteiger partial charge is 0.312 e. The molecule has 0 unspecified atom stereocenters. The van der Waals surface area contributed by atoms with Crippen molar-refractivity contribution in [3.8, 4) is 0 Å². The predicted octanol–water partition coefficient (Wildman–Crippen LogP) is 1.48. The van der Waals surface area contributed by atoms with E-state index < -0.39 is 4.92 Å². The van der Waals surface area contributed by atoms with E-state index in [9.17, 15) is 10.1 Å². The minimum Gasteiger partial charge on any atom is -0.312 e. The number of aromatic nitrogens is 1. The van der Waals surface area contributed by atoms with Gasteiger partial charge in [0.2, 0.25) is 0 Å². The lowest BCUT2D eigenvalue weighted by Crippen LogP contribution is -2.24. The van der Waals surface area contributed by atoms with Crippen LogP contribution in [0.2, 0.25) is 0 Å². The Kier molecular flexibility index (Phi) is 5.49. The fourth-order valence-corrected chi connectivity index (χ4v) is 1.43. The third-order valence-corrected chi connectivity index (χ3v) is 2.11. The Labute approximate surface area is 99.2 Å². The van der Waals surface area contributed by atoms with E-state index in [2.05, 4.69) is 10.3 Å². The van der Waals surface area contributed by atoms with Crippen LogP contribution in [0.3, 0.4) is 0 Å². The molecule has 1 aromatic heterocycles. The molecule has 2 rings (SSSR count). The quantitative estimate of drug-likeness (QED) is 0.607. The number of rotatable bonds is 1. The highest BCUT2D eigenvalue weighted by molar-refractivity contribution is 5.85. The van der Waals surface area contributed by atoms with Crippen molar-refractivity contribution in [2.75, 3.05) is 6.54 Å². The van der Waals surface area contributed by atoms with Crippen molar-refractivity contribution < 1.29 is 4.92 Å². The first-order valence-electron chi connectivity index (χ1n) is 4.10. The number of hydrogen-bond acceptors (Lipinski definition) is 4. The molecule has 0 aliphatic carbocycles. The van der Waals surface area contributed by atoms with Crippen LogP contribution in [0, 0.1) is 10.1 Å². The standard InChI is InChI=1S/C8H9N3O2.2ClH/c12-11(13)7-3-6-4-9-2-1-8(6)10-5-7;;/h3,5,9H,1-2,4H2;2*1H. The van der Waals surface area contributed by atoms with Crippen molar-refractivity contribution in [2.45, 2.75) is 13.0 Å². The number of nitro groups is 1. The molecule has 0 saturated heterocycles. The van der Waals surface area contributed by atoms with Crippen LogP contribution in [0.5, 0.6) is 0 Å². The first kappa shape index (κ1) is 14.1. The third-order valence-electron chi connectivity index (χ3n) is 2.11. The van der Waals surface area contributed by atoms with E-state index >= 15 is 0 Å². The monoisotopic (exact) mass is 251 g/mol. The smallest absolute Gasteiger partial charge is 0.287 e. The van der Waals surface area contributed by atoms with Crippen molar-refractivity contribution >= 4 is 30.5 Å². The van der Waals surface area contributed by atoms with Crippen LogP contribution in [0.25, 0.3) is 0 Å². The molecule has 0 aromatic carbocycles. The van der Waals surface area contributed by atoms with E-state index in [1.807, 2.05) is 0 Å². The van der Waals surface area contributed by atoms with Crippen molar-refractivity contribution in [2.24, 2.45) is 0 Å². The second-order valence-corrected chi connectivity index (χ2v) is 2.98. The highest BCUT2D eigenvalue weighted by Crippen LogP contribution is 2.17. The minimum atomic E-state index is -0.415. The van der Waals surface area contributed by atoms with Gasteiger partial charge in [-0.1, -0.05) is 0 Å². The van der Waals surface area contributed by atoms with Crippen molar-refractivity contribution in [3.05, 3.63) is 33.6 Å². The topological polar surface area (TPSA) is 68.1 Å². The van der Waals surface area contributed by atoms with Gasteiger partial charge in [0.1, 0.15) is 6.20 Å². The molecule has 1 aliphatic heterocycles. The second kappa shape index (κ2) is 5.85. The number of hydrogen-bond donors (Lipinski definition) is 1. The highest BCUT2D eigenvalue weighted by atomic mass is 35.5. The summed E-state index contributed by atoms with van der Waals surface area (Å²) < 4.78 is 0. The maximum absolute atomic E-state index is 10.4. The summed E-state index contributed by atoms with van der Waals surface area (Å²) in [5.41, 5.74) is 1.99. The number of fused-ring (bicyclic) bond motifs is 1. The van der Waals surface area contributed by atoms with Crippen LogP contribution in [0.1, 0.15) is 11.3 Å². The Hall–Kier alpha value is -0.910. The van der Waals surface area contributed by atoms with Crippen LogP contribution in [-0.2, 0) is 13.0 Å². The zero-order valence-corrected chi connectivity index (χ0v) is 9.44. The molecule has 84 valence electrons. The van der Waals surface area contributed by atoms with Crippen LogP contribution in [0.4, 0.5) is 5.69 Å². The highest BCUT2D eigenvalue weighted by Gasteiger charge is 2.14. The van der Waals surface area contributed by atoms with Gasteiger partial charge in [0, 0.05) is 31.3 Å². The van der Waals surface area contributed by atoms with Gasteiger partial charge < -0.3 is 5.32 Å². The Morgan fingerprint density at radius 2 is 2.20 bits per heavy atom. The molecule has 0 atom stereocenters. The summed E-state index contributed by atoms with van der Waals surface area (Å²) in [5, 5.41) is 13.6. The molecule has 0 amide bonds. The summed E-state index contributed by atoms with van der Waals surface area (Å²) in [6.07, 6.45) is 2.18. The van der Waals surface area contributed by atoms with Gasteiger partial charge in [-0.2, -0.15) is 0 Å². The van der Waals surface area contributed by atoms with Gasteiger partial charge in [0.15, 0.2) is 0 Å². The molecule has 0 fully saturated rings. The molecule has 1 N–H and O–H groups in total. The Bertz CT molecular complexity index is 360. The summed E-state index contributed by atoms with van der Waals surface area (Å²) in [7, 11) is 0. The summed E-state index contributed by atoms with van der Waals surface area (Å²) in [4.78, 5) is 14.1. The van der Waals surface area contributed by atoms with Crippen molar-refractivity contribution in [1.82, 2.24) is 10.3 Å². The van der Waals surface area contributed by atoms with Crippen molar-refractivity contribution in [3.63, 3.8) is 0 Å². The molecular weight excluding hydrogens is 241 g/mol. The normalized spacial score (nSPS) is 13.1. The molecule has 2 heterocycles. The van der Waals surface area contributed by atoms with Gasteiger partial charge in [0.25, 0.3) is 5.69 Å². The molecule has 0 radical (unpaired) electrons. The Morgan fingerprint density at radius 1 is 1.47 bits per heavy atom. The summed E-state index contributed by atoms with van der Waals surface area (Å²) in [6.45, 7) is 1.59. The number of nitrogens with one attached hydrogen (secondary N) is 1. The molecule has 0 saturated carbocycles. The van der Waals surface area contributed by atoms with Crippen LogP contribution >= 0.6 is 24.8 Å². The summed E-state index contributed by atoms with van der Waals surface area (Å²) in [5.74, 6) is 0. The van der Waals surface area contributed by atoms with Crippen LogP contribution in [0.15, 0.2) is 12.3 Å². The van der Waals surface area contributed by atoms with E-state index in [4.69, 9.17) is 0 Å². The molecular formula is C8H11Cl2N3O2. The third kappa shape index (κ3) is 3.02. The molecule has 15 heavy (non-hydrogen) atoms. The van der Waals surface area contributed by atoms with E-state index in [1.165, 1.54) is 6.20 Å². The number of halogens is 2. The lowest BCUT2D eigenvalue weighted by Gasteiger charge is -2.14. The molecule has 0 bridgehead atoms. The zero-order valence-electron chi connectivity index (χ0n) is 7.80. The molecule has 7 heteroatoms. The van der Waals surface area contributed by atoms with E-state index in [1.54, 1.807) is 6.07 Å². The number of pyridine rings is 1. The lowest BCUT2D eigenvalue weighted by molar-refractivity contribution is -0.385. The molecule has 0 spiro atoms. The van der Waals surface area contributed by atoms with Gasteiger partial charge in [0.05, 0.1) is 4.92 Å². The van der Waals surface area contributed by atoms with Gasteiger partial charge in [-0.05, 0) is 5.56 Å². The van der Waals surface area contributed by atoms with Gasteiger partial charge in [-0.3, -0.25) is 15.1 Å². The van der Waals surface area contributed by atoms with E-state index in [-0.39, 0.29) is 30.5 Å². The first-order chi connectivity index (χ1) is 6.27. The van der Waals surface area contributed by atoms with Crippen LogP contribution in [-0.4, -0.2) is 16.5 Å². The molecule has 1 aromatic rings. The average Bonchev–Trinajstić information content (AvgIpc) is 2.17. The van der Waals surface area contributed by atoms with Gasteiger partial charge in [-0.25, -0.2) is 0 Å². The van der Waals surface area contributed by atoms with Crippen LogP contribution < -0.4 is 5.32 Å². The fourth-order valence-electron chi connectivity index (χ4n) is 1.43. The van der Waals surface area contributed by atoms with Gasteiger partial charge >= 0.3 is 0 Å². The second-order valence-electron chi connectivity index (χ2n) is 2.98. The molecule has 5 nitrogen and oxygen atoms in total. The fraction of sp³-hybridized carbons (Fsp3) is 0.375. The molecule has 1 aliphatic rings. The summed E-state index contributed by atoms with van der Waals surface area (Å²) in [6, 6.07) is 1.59. The Balaban J connectivity index is 0.000000980. The summed E-state index contributed by atoms with van der Waals surface area (Å²) >= 11 is 0. The maximum Gasteiger partial charge on any atom is 0.287 e. The van der Waals surface area contributed by atoms with Gasteiger partial charge in [-0.15, -0.1) is 24.8 Å². The zero-order chi connectivity index (χ0) is 9.26. The SMILES string of the molecule is Cl.Cl.O=[N+]([O-])c1cnc2c(c1)CNCC2. The first-order valence-corrected chi connectivity index (χ1v) is 4.10. The average molecular weight is 252 g/mol. The predicted molar refractivity (Wildman–Crippen MR) is 60.8 cm³/mol. The maximum atomic E-state index is 10.4. The Morgan fingerprint density at radius 3 is 2.87 bits per heavy atom. The lowest BCUT2D eigenvalue weighted by atomic mass is 10.1. The van der Waals surface area contributed by atoms with Crippen molar-refractivity contribution in [1.29, 1.82) is 0 Å².